The molecule has 18 rings (SSSR count). The van der Waals surface area contributed by atoms with Crippen LogP contribution in [0, 0.1) is 23.3 Å². The van der Waals surface area contributed by atoms with Crippen molar-refractivity contribution in [2.45, 2.75) is 178 Å². The first-order valence-electron chi connectivity index (χ1n) is 50.5. The molecule has 8 aliphatic rings. The van der Waals surface area contributed by atoms with E-state index >= 15 is 0 Å². The van der Waals surface area contributed by atoms with Crippen LogP contribution in [0.25, 0.3) is 21.8 Å². The van der Waals surface area contributed by atoms with E-state index < -0.39 is 65.0 Å². The minimum absolute atomic E-state index is 0.0139. The number of rotatable bonds is 39. The number of hydrogen-bond acceptors (Lipinski definition) is 25. The third-order valence-electron chi connectivity index (χ3n) is 27.8. The summed E-state index contributed by atoms with van der Waals surface area (Å²) < 4.78 is 66.4. The lowest BCUT2D eigenvalue weighted by Crippen LogP contribution is -2.49. The number of carboxylic acid groups (broad SMARTS) is 1. The highest BCUT2D eigenvalue weighted by Gasteiger charge is 2.47. The Kier molecular flexibility index (Phi) is 35.4. The predicted octanol–water partition coefficient (Wildman–Crippen LogP) is 14.4. The number of ketones is 4. The summed E-state index contributed by atoms with van der Waals surface area (Å²) in [4.78, 5) is 162. The maximum atomic E-state index is 14.0. The molecule has 10 aromatic rings. The van der Waals surface area contributed by atoms with Gasteiger partial charge in [0.05, 0.1) is 82.4 Å². The van der Waals surface area contributed by atoms with Crippen LogP contribution in [-0.4, -0.2) is 258 Å². The topological polar surface area (TPSA) is 431 Å². The lowest BCUT2D eigenvalue weighted by atomic mass is 9.92. The van der Waals surface area contributed by atoms with Crippen molar-refractivity contribution >= 4 is 138 Å². The highest BCUT2D eigenvalue weighted by atomic mass is 19.1. The standard InChI is InChI=1S/C54H61F2N9O7.C32H34F2N6O4.C22H29N3O4/c55-36-26-35(27-37(56)29-36)25-34-7-13-46-45(28-34)51(62-61-46)60-52(69)43-12-9-40(31-47(43)59-38-15-23-72-24-16-38)64-21-19-63(20-22-64)33-50(68)58-18-6-4-2-1-3-5-17-57-39-8-11-42-44(30-39)54(71)65(53(42)70)48-14-10-41(66)32-49(48)67;33-22-14-21(15-23(34)17-22)13-20-1-4-28-27(16-20)31(38-37-28)36-32(43)26-3-2-25(18-29(26)35-24-5-11-44-12-6-24)40-9-7-39(8-10-40)19-30(41)42;23-11-5-3-1-2-4-6-12-24-15-7-9-17-18(13-15)22(29)25(21(17)28)19-10-8-16(26)14-20(19)27/h7-9,11-13,26-31,38,48,57,59H,1-6,10,14-25,32-33H2,(H,58,68)(H2,60,61,62,69);1-4,14-18,24,35H,5-13,19H2,(H,41,42)(H2,36,37,38,43);7,9,13,19,24H,1-6,8,10-12,14,23H2. The van der Waals surface area contributed by atoms with Gasteiger partial charge in [0, 0.05) is 180 Å². The number of benzene rings is 8. The van der Waals surface area contributed by atoms with Gasteiger partial charge in [-0.25, -0.2) is 17.6 Å². The van der Waals surface area contributed by atoms with Crippen molar-refractivity contribution in [2.75, 3.05) is 160 Å². The molecule has 2 unspecified atom stereocenters. The summed E-state index contributed by atoms with van der Waals surface area (Å²) in [5.41, 5.74) is 16.5. The number of anilines is 8. The molecule has 145 heavy (non-hydrogen) atoms. The Morgan fingerprint density at radius 3 is 1.21 bits per heavy atom. The number of nitrogens with one attached hydrogen (secondary N) is 9. The van der Waals surface area contributed by atoms with Gasteiger partial charge in [-0.05, 0) is 227 Å². The second-order valence-corrected chi connectivity index (χ2v) is 38.4. The molecule has 12 N–H and O–H groups in total. The fourth-order valence-corrected chi connectivity index (χ4v) is 20.0. The number of H-pyrrole nitrogens is 2. The van der Waals surface area contributed by atoms with Crippen LogP contribution >= 0.6 is 0 Å². The van der Waals surface area contributed by atoms with Crippen LogP contribution in [0.5, 0.6) is 0 Å². The minimum atomic E-state index is -0.879. The molecule has 2 aliphatic carbocycles. The number of aliphatic carboxylic acids is 1. The van der Waals surface area contributed by atoms with Crippen molar-refractivity contribution in [1.29, 1.82) is 0 Å². The van der Waals surface area contributed by atoms with Gasteiger partial charge in [0.1, 0.15) is 34.8 Å². The number of imide groups is 2. The summed E-state index contributed by atoms with van der Waals surface area (Å²) in [5, 5.41) is 48.0. The molecule has 6 aliphatic heterocycles. The number of unbranched alkanes of at least 4 members (excludes halogenated alkanes) is 10. The normalized spacial score (nSPS) is 17.5. The van der Waals surface area contributed by atoms with Crippen LogP contribution in [0.2, 0.25) is 0 Å². The maximum absolute atomic E-state index is 14.0. The number of nitrogens with zero attached hydrogens (tertiary/aromatic N) is 8. The van der Waals surface area contributed by atoms with Crippen LogP contribution in [0.15, 0.2) is 146 Å². The number of aromatic amines is 2. The Labute approximate surface area is 836 Å². The largest absolute Gasteiger partial charge is 0.480 e. The van der Waals surface area contributed by atoms with E-state index in [-0.39, 0.29) is 109 Å². The van der Waals surface area contributed by atoms with E-state index in [0.717, 1.165) is 165 Å². The fraction of sp³-hybridized carbons (Fsp3) is 0.426. The van der Waals surface area contributed by atoms with Crippen LogP contribution < -0.4 is 52.8 Å². The van der Waals surface area contributed by atoms with E-state index in [9.17, 15) is 75.1 Å². The first-order valence-corrected chi connectivity index (χ1v) is 50.5. The fourth-order valence-electron chi connectivity index (χ4n) is 20.0. The summed E-state index contributed by atoms with van der Waals surface area (Å²) >= 11 is 0. The van der Waals surface area contributed by atoms with E-state index in [1.54, 1.807) is 42.5 Å². The molecular formula is C108H124F4N18O15. The first kappa shape index (κ1) is 104. The molecule has 0 bridgehead atoms. The van der Waals surface area contributed by atoms with Gasteiger partial charge in [0.25, 0.3) is 35.4 Å². The highest BCUT2D eigenvalue weighted by Crippen LogP contribution is 2.38. The van der Waals surface area contributed by atoms with Gasteiger partial charge in [-0.1, -0.05) is 63.5 Å². The lowest BCUT2D eigenvalue weighted by molar-refractivity contribution is -0.138. The quantitative estimate of drug-likeness (QED) is 0.00737. The second kappa shape index (κ2) is 49.4. The van der Waals surface area contributed by atoms with Crippen molar-refractivity contribution in [3.63, 3.8) is 0 Å². The number of piperazine rings is 2. The van der Waals surface area contributed by atoms with Crippen molar-refractivity contribution in [3.05, 3.63) is 224 Å². The van der Waals surface area contributed by atoms with Crippen LogP contribution in [0.1, 0.15) is 226 Å². The van der Waals surface area contributed by atoms with Gasteiger partial charge < -0.3 is 67.3 Å². The molecule has 7 amide bonds. The van der Waals surface area contributed by atoms with Crippen LogP contribution in [0.3, 0.4) is 0 Å². The molecule has 0 spiro atoms. The Hall–Kier alpha value is -14.1. The Morgan fingerprint density at radius 1 is 0.414 bits per heavy atom. The molecule has 2 atom stereocenters. The number of halogens is 4. The van der Waals surface area contributed by atoms with Gasteiger partial charge in [-0.15, -0.1) is 0 Å². The lowest BCUT2D eigenvalue weighted by Gasteiger charge is -2.36. The zero-order valence-electron chi connectivity index (χ0n) is 81.2. The zero-order valence-corrected chi connectivity index (χ0v) is 81.2. The molecule has 37 heteroatoms. The predicted molar refractivity (Wildman–Crippen MR) is 543 cm³/mol. The van der Waals surface area contributed by atoms with E-state index in [1.807, 2.05) is 71.6 Å². The Morgan fingerprint density at radius 2 is 0.807 bits per heavy atom. The summed E-state index contributed by atoms with van der Waals surface area (Å²) in [5.74, 6) is -6.18. The molecular weight excluding hydrogens is 1870 g/mol. The number of amides is 7. The number of carbonyl (C=O) groups excluding carboxylic acids is 11. The number of carbonyl (C=O) groups is 12. The Bertz CT molecular complexity index is 6380. The first-order chi connectivity index (χ1) is 70.3. The Balaban J connectivity index is 0.000000174. The number of carboxylic acids is 1. The van der Waals surface area contributed by atoms with E-state index in [4.69, 9.17) is 20.3 Å². The molecule has 2 aromatic heterocycles. The zero-order chi connectivity index (χ0) is 102. The molecule has 8 heterocycles. The van der Waals surface area contributed by atoms with Gasteiger partial charge in [-0.3, -0.25) is 87.3 Å². The molecule has 4 saturated heterocycles. The van der Waals surface area contributed by atoms with Crippen molar-refractivity contribution in [2.24, 2.45) is 5.73 Å². The van der Waals surface area contributed by atoms with Crippen molar-refractivity contribution < 1.29 is 89.7 Å². The second-order valence-electron chi connectivity index (χ2n) is 38.4. The van der Waals surface area contributed by atoms with E-state index in [2.05, 4.69) is 72.3 Å². The van der Waals surface area contributed by atoms with Crippen LogP contribution in [0.4, 0.5) is 63.3 Å². The van der Waals surface area contributed by atoms with Crippen molar-refractivity contribution in [1.82, 2.24) is 45.3 Å². The number of fused-ring (bicyclic) bond motifs is 4. The summed E-state index contributed by atoms with van der Waals surface area (Å²) in [6.07, 6.45) is 17.1. The number of Topliss-reactive ketones (excluding diaryl/α,β-unsaturated/α-hetero) is 4. The number of ether oxygens (including phenoxy) is 2. The van der Waals surface area contributed by atoms with Crippen molar-refractivity contribution in [3.8, 4) is 0 Å². The molecule has 33 nitrogen and oxygen atoms in total. The third-order valence-corrected chi connectivity index (χ3v) is 27.8. The average molecular weight is 1990 g/mol. The average Bonchev–Trinajstić information content (AvgIpc) is 1.61. The van der Waals surface area contributed by atoms with E-state index in [0.29, 0.717) is 176 Å². The summed E-state index contributed by atoms with van der Waals surface area (Å²) in [6, 6.07) is 38.3. The molecule has 6 fully saturated rings. The number of nitrogens with two attached hydrogens (primary N) is 1. The smallest absolute Gasteiger partial charge is 0.317 e. The van der Waals surface area contributed by atoms with Gasteiger partial charge >= 0.3 is 5.97 Å². The monoisotopic (exact) mass is 1990 g/mol. The maximum Gasteiger partial charge on any atom is 0.317 e. The minimum Gasteiger partial charge on any atom is -0.480 e. The summed E-state index contributed by atoms with van der Waals surface area (Å²) in [7, 11) is 0. The van der Waals surface area contributed by atoms with Crippen LogP contribution in [-0.2, 0) is 51.1 Å². The van der Waals surface area contributed by atoms with Gasteiger partial charge in [0.2, 0.25) is 5.91 Å². The molecule has 764 valence electrons. The van der Waals surface area contributed by atoms with Gasteiger partial charge in [-0.2, -0.15) is 10.2 Å². The molecule has 0 radical (unpaired) electrons. The SMILES string of the molecule is NCCCCCCCCNc1ccc2c(c1)C(=O)N(C1CCC(=O)CC1=O)C2=O.O=C(O)CN1CCN(c2ccc(C(=O)Nc3n[nH]c4ccc(Cc5cc(F)cc(F)c5)cc34)c(NC3CCOCC3)c2)CC1.O=C1CCC(N2C(=O)c3ccc(NCCCCCCCCNC(=O)CN4CCN(c5ccc(C(=O)Nc6n[nH]c7ccc(Cc8cc(F)cc(F)c8)cc67)c(NC6CCOCC6)c5)CC4)cc3C2=O)C(=O)C1. The number of aromatic nitrogens is 4. The number of hydrogen-bond donors (Lipinski definition) is 11. The van der Waals surface area contributed by atoms with Gasteiger partial charge in [0.15, 0.2) is 23.2 Å². The highest BCUT2D eigenvalue weighted by molar-refractivity contribution is 6.25. The molecule has 2 saturated carbocycles. The molecule has 8 aromatic carbocycles. The third kappa shape index (κ3) is 27.3. The van der Waals surface area contributed by atoms with E-state index in [1.165, 1.54) is 43.5 Å². The summed E-state index contributed by atoms with van der Waals surface area (Å²) in [6.45, 7) is 11.3.